The van der Waals surface area contributed by atoms with E-state index in [4.69, 9.17) is 10.6 Å². The van der Waals surface area contributed by atoms with Gasteiger partial charge in [-0.25, -0.2) is 0 Å². The Morgan fingerprint density at radius 1 is 1.29 bits per heavy atom. The standard InChI is InChI=1S/C11H24N2O/c1-8-4-9(2)6-10(5-8)11(13-12)7-14-3/h8-11,13H,4-7,12H2,1-3H3. The van der Waals surface area contributed by atoms with Gasteiger partial charge in [0.15, 0.2) is 0 Å². The Labute approximate surface area is 87.4 Å². The Bertz CT molecular complexity index is 153. The molecule has 3 nitrogen and oxygen atoms in total. The van der Waals surface area contributed by atoms with Crippen molar-refractivity contribution in [2.24, 2.45) is 23.6 Å². The summed E-state index contributed by atoms with van der Waals surface area (Å²) in [5.74, 6) is 7.89. The van der Waals surface area contributed by atoms with Crippen LogP contribution in [0.3, 0.4) is 0 Å². The molecule has 14 heavy (non-hydrogen) atoms. The molecule has 0 heterocycles. The third kappa shape index (κ3) is 3.23. The summed E-state index contributed by atoms with van der Waals surface area (Å²) in [6.07, 6.45) is 3.92. The first-order chi connectivity index (χ1) is 6.67. The van der Waals surface area contributed by atoms with Gasteiger partial charge in [0.25, 0.3) is 0 Å². The lowest BCUT2D eigenvalue weighted by Crippen LogP contribution is -2.46. The molecule has 1 rings (SSSR count). The van der Waals surface area contributed by atoms with Crippen molar-refractivity contribution >= 4 is 0 Å². The van der Waals surface area contributed by atoms with Gasteiger partial charge in [-0.05, 0) is 37.0 Å². The minimum atomic E-state index is 0.324. The highest BCUT2D eigenvalue weighted by Crippen LogP contribution is 2.34. The van der Waals surface area contributed by atoms with Crippen molar-refractivity contribution in [3.63, 3.8) is 0 Å². The molecule has 0 aliphatic heterocycles. The van der Waals surface area contributed by atoms with Crippen LogP contribution in [0.1, 0.15) is 33.1 Å². The fourth-order valence-electron chi connectivity index (χ4n) is 2.84. The molecule has 0 saturated heterocycles. The van der Waals surface area contributed by atoms with Gasteiger partial charge in [-0.1, -0.05) is 13.8 Å². The number of nitrogens with two attached hydrogens (primary N) is 1. The van der Waals surface area contributed by atoms with Crippen LogP contribution < -0.4 is 11.3 Å². The molecule has 3 N–H and O–H groups in total. The first-order valence-corrected chi connectivity index (χ1v) is 5.62. The van der Waals surface area contributed by atoms with Gasteiger partial charge < -0.3 is 4.74 Å². The monoisotopic (exact) mass is 200 g/mol. The molecular formula is C11H24N2O. The second kappa shape index (κ2) is 5.69. The van der Waals surface area contributed by atoms with Crippen LogP contribution in [-0.2, 0) is 4.74 Å². The molecule has 84 valence electrons. The van der Waals surface area contributed by atoms with Gasteiger partial charge in [0, 0.05) is 13.2 Å². The van der Waals surface area contributed by atoms with E-state index in [0.717, 1.165) is 18.4 Å². The normalized spacial score (nSPS) is 35.6. The maximum atomic E-state index is 5.55. The maximum absolute atomic E-state index is 5.55. The Balaban J connectivity index is 2.47. The van der Waals surface area contributed by atoms with E-state index in [1.54, 1.807) is 7.11 Å². The molecule has 0 amide bonds. The van der Waals surface area contributed by atoms with E-state index in [1.165, 1.54) is 19.3 Å². The van der Waals surface area contributed by atoms with Crippen LogP contribution >= 0.6 is 0 Å². The summed E-state index contributed by atoms with van der Waals surface area (Å²) < 4.78 is 5.18. The lowest BCUT2D eigenvalue weighted by molar-refractivity contribution is 0.101. The van der Waals surface area contributed by atoms with E-state index in [0.29, 0.717) is 12.0 Å². The first kappa shape index (κ1) is 12.0. The smallest absolute Gasteiger partial charge is 0.0632 e. The summed E-state index contributed by atoms with van der Waals surface area (Å²) in [5.41, 5.74) is 2.89. The maximum Gasteiger partial charge on any atom is 0.0632 e. The molecule has 1 aliphatic rings. The number of hydrogen-bond acceptors (Lipinski definition) is 3. The van der Waals surface area contributed by atoms with Gasteiger partial charge in [0.1, 0.15) is 0 Å². The van der Waals surface area contributed by atoms with Crippen LogP contribution in [-0.4, -0.2) is 19.8 Å². The van der Waals surface area contributed by atoms with Gasteiger partial charge >= 0.3 is 0 Å². The zero-order chi connectivity index (χ0) is 10.6. The zero-order valence-electron chi connectivity index (χ0n) is 9.62. The van der Waals surface area contributed by atoms with E-state index in [2.05, 4.69) is 19.3 Å². The number of rotatable bonds is 4. The lowest BCUT2D eigenvalue weighted by Gasteiger charge is -2.35. The van der Waals surface area contributed by atoms with Gasteiger partial charge in [0.05, 0.1) is 6.61 Å². The molecule has 0 aromatic carbocycles. The van der Waals surface area contributed by atoms with Crippen LogP contribution in [0, 0.1) is 17.8 Å². The van der Waals surface area contributed by atoms with Crippen molar-refractivity contribution in [2.75, 3.05) is 13.7 Å². The first-order valence-electron chi connectivity index (χ1n) is 5.62. The SMILES string of the molecule is COCC(NN)C1CC(C)CC(C)C1. The molecule has 1 aliphatic carbocycles. The zero-order valence-corrected chi connectivity index (χ0v) is 9.62. The van der Waals surface area contributed by atoms with Crippen LogP contribution in [0.25, 0.3) is 0 Å². The van der Waals surface area contributed by atoms with E-state index >= 15 is 0 Å². The molecule has 3 unspecified atom stereocenters. The molecule has 1 saturated carbocycles. The predicted octanol–water partition coefficient (Wildman–Crippen LogP) is 1.54. The number of ether oxygens (including phenoxy) is 1. The predicted molar refractivity (Wildman–Crippen MR) is 58.7 cm³/mol. The third-order valence-corrected chi connectivity index (χ3v) is 3.34. The minimum absolute atomic E-state index is 0.324. The Morgan fingerprint density at radius 3 is 2.29 bits per heavy atom. The third-order valence-electron chi connectivity index (χ3n) is 3.34. The Kier molecular flexibility index (Phi) is 4.85. The van der Waals surface area contributed by atoms with Crippen LogP contribution in [0.4, 0.5) is 0 Å². The summed E-state index contributed by atoms with van der Waals surface area (Å²) in [4.78, 5) is 0. The van der Waals surface area contributed by atoms with Crippen molar-refractivity contribution in [1.82, 2.24) is 5.43 Å². The van der Waals surface area contributed by atoms with Crippen molar-refractivity contribution in [1.29, 1.82) is 0 Å². The number of hydrazine groups is 1. The molecule has 0 spiro atoms. The summed E-state index contributed by atoms with van der Waals surface area (Å²) >= 11 is 0. The van der Waals surface area contributed by atoms with Gasteiger partial charge in [-0.3, -0.25) is 11.3 Å². The highest BCUT2D eigenvalue weighted by Gasteiger charge is 2.29. The second-order valence-electron chi connectivity index (χ2n) is 4.91. The van der Waals surface area contributed by atoms with E-state index < -0.39 is 0 Å². The lowest BCUT2D eigenvalue weighted by atomic mass is 9.74. The molecule has 3 atom stereocenters. The average molecular weight is 200 g/mol. The highest BCUT2D eigenvalue weighted by atomic mass is 16.5. The quantitative estimate of drug-likeness (QED) is 0.534. The number of methoxy groups -OCH3 is 1. The summed E-state index contributed by atoms with van der Waals surface area (Å²) in [7, 11) is 1.74. The number of nitrogens with one attached hydrogen (secondary N) is 1. The van der Waals surface area contributed by atoms with Gasteiger partial charge in [-0.2, -0.15) is 0 Å². The molecule has 0 aromatic heterocycles. The van der Waals surface area contributed by atoms with Crippen molar-refractivity contribution in [2.45, 2.75) is 39.2 Å². The Morgan fingerprint density at radius 2 is 1.86 bits per heavy atom. The topological polar surface area (TPSA) is 47.3 Å². The molecule has 1 fully saturated rings. The highest BCUT2D eigenvalue weighted by molar-refractivity contribution is 4.82. The van der Waals surface area contributed by atoms with Crippen LogP contribution in [0.15, 0.2) is 0 Å². The molecule has 0 bridgehead atoms. The Hall–Kier alpha value is -0.120. The van der Waals surface area contributed by atoms with Crippen LogP contribution in [0.5, 0.6) is 0 Å². The summed E-state index contributed by atoms with van der Waals surface area (Å²) in [5, 5.41) is 0. The van der Waals surface area contributed by atoms with E-state index in [1.807, 2.05) is 0 Å². The average Bonchev–Trinajstić information content (AvgIpc) is 2.12. The van der Waals surface area contributed by atoms with E-state index in [-0.39, 0.29) is 0 Å². The molecule has 3 heteroatoms. The molecule has 0 radical (unpaired) electrons. The number of hydrogen-bond donors (Lipinski definition) is 2. The van der Waals surface area contributed by atoms with Gasteiger partial charge in [-0.15, -0.1) is 0 Å². The fourth-order valence-corrected chi connectivity index (χ4v) is 2.84. The minimum Gasteiger partial charge on any atom is -0.383 e. The van der Waals surface area contributed by atoms with E-state index in [9.17, 15) is 0 Å². The molecular weight excluding hydrogens is 176 g/mol. The summed E-state index contributed by atoms with van der Waals surface area (Å²) in [6, 6.07) is 0.324. The second-order valence-corrected chi connectivity index (χ2v) is 4.91. The summed E-state index contributed by atoms with van der Waals surface area (Å²) in [6.45, 7) is 5.40. The van der Waals surface area contributed by atoms with Crippen molar-refractivity contribution in [3.8, 4) is 0 Å². The fraction of sp³-hybridized carbons (Fsp3) is 1.00. The molecule has 0 aromatic rings. The largest absolute Gasteiger partial charge is 0.383 e. The van der Waals surface area contributed by atoms with Crippen molar-refractivity contribution in [3.05, 3.63) is 0 Å². The van der Waals surface area contributed by atoms with Crippen LogP contribution in [0.2, 0.25) is 0 Å². The van der Waals surface area contributed by atoms with Crippen molar-refractivity contribution < 1.29 is 4.74 Å². The van der Waals surface area contributed by atoms with Gasteiger partial charge in [0.2, 0.25) is 0 Å².